The zero-order valence-electron chi connectivity index (χ0n) is 10.4. The Hall–Kier alpha value is -0.0500. The molecule has 1 fully saturated rings. The average molecular weight is 290 g/mol. The molecule has 0 atom stereocenters. The van der Waals surface area contributed by atoms with Crippen LogP contribution in [-0.4, -0.2) is 29.2 Å². The first kappa shape index (κ1) is 14.0. The van der Waals surface area contributed by atoms with Gasteiger partial charge in [0.15, 0.2) is 0 Å². The Balaban J connectivity index is 2.21. The molecule has 0 saturated heterocycles. The van der Waals surface area contributed by atoms with E-state index in [2.05, 4.69) is 22.9 Å². The maximum Gasteiger partial charge on any atom is 0.222 e. The molecule has 0 aliphatic heterocycles. The molecule has 16 heavy (non-hydrogen) atoms. The summed E-state index contributed by atoms with van der Waals surface area (Å²) in [6.45, 7) is 3.75. The molecule has 0 aromatic rings. The van der Waals surface area contributed by atoms with Crippen LogP contribution in [0.3, 0.4) is 0 Å². The number of hydrogen-bond donors (Lipinski definition) is 0. The van der Waals surface area contributed by atoms with Crippen molar-refractivity contribution in [2.24, 2.45) is 5.92 Å². The van der Waals surface area contributed by atoms with Gasteiger partial charge in [0.1, 0.15) is 0 Å². The van der Waals surface area contributed by atoms with E-state index in [9.17, 15) is 4.79 Å². The van der Waals surface area contributed by atoms with Gasteiger partial charge >= 0.3 is 0 Å². The van der Waals surface area contributed by atoms with Gasteiger partial charge in [0.25, 0.3) is 0 Å². The second-order valence-corrected chi connectivity index (χ2v) is 5.50. The normalized spacial score (nSPS) is 17.4. The molecule has 0 aromatic carbocycles. The number of carbonyl (C=O) groups is 1. The lowest BCUT2D eigenvalue weighted by atomic mass is 9.86. The number of nitrogens with zero attached hydrogens (tertiary/aromatic N) is 1. The largest absolute Gasteiger partial charge is 0.342 e. The topological polar surface area (TPSA) is 20.3 Å². The number of carbonyl (C=O) groups excluding carboxylic acids is 1. The van der Waals surface area contributed by atoms with E-state index >= 15 is 0 Å². The summed E-state index contributed by atoms with van der Waals surface area (Å²) in [6.07, 6.45) is 8.70. The quantitative estimate of drug-likeness (QED) is 0.685. The number of halogens is 1. The van der Waals surface area contributed by atoms with Crippen LogP contribution in [0.1, 0.15) is 51.9 Å². The van der Waals surface area contributed by atoms with Crippen LogP contribution >= 0.6 is 15.9 Å². The van der Waals surface area contributed by atoms with E-state index in [0.29, 0.717) is 5.91 Å². The van der Waals surface area contributed by atoms with Crippen molar-refractivity contribution in [1.82, 2.24) is 4.90 Å². The van der Waals surface area contributed by atoms with Crippen LogP contribution in [0.2, 0.25) is 0 Å². The molecule has 0 spiro atoms. The Morgan fingerprint density at radius 3 is 2.56 bits per heavy atom. The molecule has 0 N–H and O–H groups in total. The SMILES string of the molecule is CCN(CCBr)C(=O)CCC1CCCCC1. The van der Waals surface area contributed by atoms with Gasteiger partial charge in [-0.05, 0) is 19.3 Å². The Bertz CT molecular complexity index is 202. The first-order valence-corrected chi connectivity index (χ1v) is 7.73. The summed E-state index contributed by atoms with van der Waals surface area (Å²) < 4.78 is 0. The van der Waals surface area contributed by atoms with E-state index in [0.717, 1.165) is 37.2 Å². The third-order valence-corrected chi connectivity index (χ3v) is 3.93. The molecule has 2 nitrogen and oxygen atoms in total. The fourth-order valence-electron chi connectivity index (χ4n) is 2.52. The highest BCUT2D eigenvalue weighted by Crippen LogP contribution is 2.27. The molecule has 3 heteroatoms. The second-order valence-electron chi connectivity index (χ2n) is 4.71. The lowest BCUT2D eigenvalue weighted by Gasteiger charge is -2.24. The average Bonchev–Trinajstić information content (AvgIpc) is 2.34. The van der Waals surface area contributed by atoms with Gasteiger partial charge in [0, 0.05) is 24.8 Å². The van der Waals surface area contributed by atoms with Crippen LogP contribution < -0.4 is 0 Å². The van der Waals surface area contributed by atoms with Crippen molar-refractivity contribution >= 4 is 21.8 Å². The third-order valence-electron chi connectivity index (χ3n) is 3.58. The molecule has 0 unspecified atom stereocenters. The van der Waals surface area contributed by atoms with E-state index in [4.69, 9.17) is 0 Å². The fraction of sp³-hybridized carbons (Fsp3) is 0.923. The number of hydrogen-bond acceptors (Lipinski definition) is 1. The molecular weight excluding hydrogens is 266 g/mol. The minimum atomic E-state index is 0.340. The van der Waals surface area contributed by atoms with Crippen molar-refractivity contribution in [1.29, 1.82) is 0 Å². The Morgan fingerprint density at radius 2 is 2.00 bits per heavy atom. The van der Waals surface area contributed by atoms with Crippen molar-refractivity contribution in [2.75, 3.05) is 18.4 Å². The maximum absolute atomic E-state index is 11.9. The Morgan fingerprint density at radius 1 is 1.31 bits per heavy atom. The Kier molecular flexibility index (Phi) is 7.10. The highest BCUT2D eigenvalue weighted by atomic mass is 79.9. The van der Waals surface area contributed by atoms with Crippen molar-refractivity contribution in [3.63, 3.8) is 0 Å². The van der Waals surface area contributed by atoms with E-state index in [1.165, 1.54) is 32.1 Å². The monoisotopic (exact) mass is 289 g/mol. The summed E-state index contributed by atoms with van der Waals surface area (Å²) in [7, 11) is 0. The van der Waals surface area contributed by atoms with Gasteiger partial charge in [-0.1, -0.05) is 48.0 Å². The zero-order valence-corrected chi connectivity index (χ0v) is 12.0. The number of amides is 1. The van der Waals surface area contributed by atoms with Crippen LogP contribution in [0.5, 0.6) is 0 Å². The van der Waals surface area contributed by atoms with E-state index in [1.807, 2.05) is 4.90 Å². The van der Waals surface area contributed by atoms with Crippen LogP contribution in [0, 0.1) is 5.92 Å². The molecule has 0 heterocycles. The number of alkyl halides is 1. The highest BCUT2D eigenvalue weighted by Gasteiger charge is 2.16. The van der Waals surface area contributed by atoms with Crippen molar-refractivity contribution in [2.45, 2.75) is 51.9 Å². The highest BCUT2D eigenvalue weighted by molar-refractivity contribution is 9.09. The minimum absolute atomic E-state index is 0.340. The number of rotatable bonds is 6. The fourth-order valence-corrected chi connectivity index (χ4v) is 2.95. The molecular formula is C13H24BrNO. The standard InChI is InChI=1S/C13H24BrNO/c1-2-15(11-10-14)13(16)9-8-12-6-4-3-5-7-12/h12H,2-11H2,1H3. The summed E-state index contributed by atoms with van der Waals surface area (Å²) in [5.74, 6) is 1.16. The predicted octanol–water partition coefficient (Wildman–Crippen LogP) is 3.59. The smallest absolute Gasteiger partial charge is 0.222 e. The zero-order chi connectivity index (χ0) is 11.8. The van der Waals surface area contributed by atoms with Gasteiger partial charge < -0.3 is 4.90 Å². The lowest BCUT2D eigenvalue weighted by molar-refractivity contribution is -0.131. The molecule has 1 rings (SSSR count). The molecule has 0 aromatic heterocycles. The summed E-state index contributed by atoms with van der Waals surface area (Å²) in [5.41, 5.74) is 0. The summed E-state index contributed by atoms with van der Waals surface area (Å²) in [5, 5.41) is 0.885. The van der Waals surface area contributed by atoms with E-state index in [-0.39, 0.29) is 0 Å². The first-order valence-electron chi connectivity index (χ1n) is 6.61. The van der Waals surface area contributed by atoms with Crippen molar-refractivity contribution < 1.29 is 4.79 Å². The summed E-state index contributed by atoms with van der Waals surface area (Å²) >= 11 is 3.39. The van der Waals surface area contributed by atoms with E-state index < -0.39 is 0 Å². The van der Waals surface area contributed by atoms with Crippen molar-refractivity contribution in [3.8, 4) is 0 Å². The molecule has 1 amide bonds. The van der Waals surface area contributed by atoms with Gasteiger partial charge in [-0.2, -0.15) is 0 Å². The maximum atomic E-state index is 11.9. The lowest BCUT2D eigenvalue weighted by Crippen LogP contribution is -2.32. The molecule has 0 bridgehead atoms. The third kappa shape index (κ3) is 4.86. The van der Waals surface area contributed by atoms with Gasteiger partial charge in [-0.3, -0.25) is 4.79 Å². The Labute approximate surface area is 108 Å². The van der Waals surface area contributed by atoms with Crippen LogP contribution in [-0.2, 0) is 4.79 Å². The van der Waals surface area contributed by atoms with Crippen LogP contribution in [0.15, 0.2) is 0 Å². The van der Waals surface area contributed by atoms with Gasteiger partial charge in [-0.25, -0.2) is 0 Å². The van der Waals surface area contributed by atoms with Gasteiger partial charge in [-0.15, -0.1) is 0 Å². The molecule has 1 saturated carbocycles. The molecule has 94 valence electrons. The summed E-state index contributed by atoms with van der Waals surface area (Å²) in [4.78, 5) is 13.9. The van der Waals surface area contributed by atoms with Crippen LogP contribution in [0.25, 0.3) is 0 Å². The predicted molar refractivity (Wildman–Crippen MR) is 71.9 cm³/mol. The molecule has 0 radical (unpaired) electrons. The van der Waals surface area contributed by atoms with Gasteiger partial charge in [0.05, 0.1) is 0 Å². The van der Waals surface area contributed by atoms with Crippen LogP contribution in [0.4, 0.5) is 0 Å². The summed E-state index contributed by atoms with van der Waals surface area (Å²) in [6, 6.07) is 0. The second kappa shape index (κ2) is 8.10. The van der Waals surface area contributed by atoms with Crippen molar-refractivity contribution in [3.05, 3.63) is 0 Å². The minimum Gasteiger partial charge on any atom is -0.342 e. The first-order chi connectivity index (χ1) is 7.77. The molecule has 1 aliphatic rings. The van der Waals surface area contributed by atoms with Gasteiger partial charge in [0.2, 0.25) is 5.91 Å². The molecule has 1 aliphatic carbocycles. The van der Waals surface area contributed by atoms with E-state index in [1.54, 1.807) is 0 Å².